The summed E-state index contributed by atoms with van der Waals surface area (Å²) in [5.41, 5.74) is 11.8. The van der Waals surface area contributed by atoms with E-state index in [1.54, 1.807) is 24.2 Å². The van der Waals surface area contributed by atoms with Crippen molar-refractivity contribution in [2.75, 3.05) is 24.8 Å². The van der Waals surface area contributed by atoms with Gasteiger partial charge >= 0.3 is 0 Å². The zero-order valence-electron chi connectivity index (χ0n) is 10.3. The van der Waals surface area contributed by atoms with Gasteiger partial charge in [-0.3, -0.25) is 9.48 Å². The minimum absolute atomic E-state index is 0.131. The van der Waals surface area contributed by atoms with Crippen molar-refractivity contribution < 1.29 is 9.53 Å². The molecule has 0 aromatic carbocycles. The lowest BCUT2D eigenvalue weighted by atomic mass is 10.3. The van der Waals surface area contributed by atoms with Crippen LogP contribution in [0.2, 0.25) is 0 Å². The number of rotatable bonds is 6. The van der Waals surface area contributed by atoms with Gasteiger partial charge in [0.1, 0.15) is 10.6 Å². The van der Waals surface area contributed by atoms with Gasteiger partial charge in [-0.05, 0) is 11.5 Å². The molecule has 2 aromatic rings. The van der Waals surface area contributed by atoms with E-state index in [2.05, 4.69) is 14.8 Å². The number of primary amides is 1. The Kier molecular flexibility index (Phi) is 3.97. The molecule has 0 atom stereocenters. The van der Waals surface area contributed by atoms with Crippen molar-refractivity contribution in [3.05, 3.63) is 18.0 Å². The van der Waals surface area contributed by atoms with Crippen LogP contribution in [-0.4, -0.2) is 33.8 Å². The third-order valence-corrected chi connectivity index (χ3v) is 3.16. The fourth-order valence-electron chi connectivity index (χ4n) is 1.49. The standard InChI is InChI=1S/C10H14N6O2S/c1-18-3-2-16-5-6(4-13-16)14-10-7(9(12)17)8(11)15-19-10/h4-5,14H,2-3H2,1H3,(H2,11,15)(H2,12,17). The number of amides is 1. The molecular weight excluding hydrogens is 268 g/mol. The van der Waals surface area contributed by atoms with Gasteiger partial charge in [-0.2, -0.15) is 9.47 Å². The first kappa shape index (κ1) is 13.3. The van der Waals surface area contributed by atoms with Crippen LogP contribution in [0.4, 0.5) is 16.5 Å². The number of carbonyl (C=O) groups is 1. The van der Waals surface area contributed by atoms with Gasteiger partial charge in [-0.15, -0.1) is 0 Å². The maximum Gasteiger partial charge on any atom is 0.255 e. The second-order valence-electron chi connectivity index (χ2n) is 3.75. The van der Waals surface area contributed by atoms with Gasteiger partial charge in [-0.25, -0.2) is 0 Å². The number of nitrogens with two attached hydrogens (primary N) is 2. The molecule has 2 rings (SSSR count). The second kappa shape index (κ2) is 5.67. The zero-order valence-corrected chi connectivity index (χ0v) is 11.1. The molecule has 0 bridgehead atoms. The van der Waals surface area contributed by atoms with E-state index in [-0.39, 0.29) is 11.4 Å². The number of hydrogen-bond acceptors (Lipinski definition) is 7. The van der Waals surface area contributed by atoms with Crippen LogP contribution in [-0.2, 0) is 11.3 Å². The average molecular weight is 282 g/mol. The number of nitrogens with zero attached hydrogens (tertiary/aromatic N) is 3. The number of hydrogen-bond donors (Lipinski definition) is 3. The minimum Gasteiger partial charge on any atom is -0.383 e. The van der Waals surface area contributed by atoms with E-state index >= 15 is 0 Å². The number of ether oxygens (including phenoxy) is 1. The largest absolute Gasteiger partial charge is 0.383 e. The normalized spacial score (nSPS) is 10.6. The summed E-state index contributed by atoms with van der Waals surface area (Å²) < 4.78 is 10.6. The van der Waals surface area contributed by atoms with E-state index in [4.69, 9.17) is 16.2 Å². The number of carbonyl (C=O) groups excluding carboxylic acids is 1. The molecule has 8 nitrogen and oxygen atoms in total. The van der Waals surface area contributed by atoms with Crippen LogP contribution in [0.15, 0.2) is 12.4 Å². The van der Waals surface area contributed by atoms with Gasteiger partial charge in [0.05, 0.1) is 25.0 Å². The maximum atomic E-state index is 11.3. The van der Waals surface area contributed by atoms with Gasteiger partial charge in [0.2, 0.25) is 0 Å². The number of methoxy groups -OCH3 is 1. The molecule has 9 heteroatoms. The first-order valence-electron chi connectivity index (χ1n) is 5.45. The van der Waals surface area contributed by atoms with Crippen LogP contribution in [0.1, 0.15) is 10.4 Å². The van der Waals surface area contributed by atoms with Crippen LogP contribution >= 0.6 is 11.5 Å². The van der Waals surface area contributed by atoms with Gasteiger partial charge in [0.25, 0.3) is 5.91 Å². The SMILES string of the molecule is COCCn1cc(Nc2snc(N)c2C(N)=O)cn1. The summed E-state index contributed by atoms with van der Waals surface area (Å²) in [5.74, 6) is -0.479. The first-order chi connectivity index (χ1) is 9.11. The summed E-state index contributed by atoms with van der Waals surface area (Å²) in [6.45, 7) is 1.22. The highest BCUT2D eigenvalue weighted by Gasteiger charge is 2.17. The Morgan fingerprint density at radius 3 is 3.11 bits per heavy atom. The van der Waals surface area contributed by atoms with Crippen LogP contribution in [0.3, 0.4) is 0 Å². The van der Waals surface area contributed by atoms with E-state index in [0.29, 0.717) is 18.2 Å². The molecular formula is C10H14N6O2S. The van der Waals surface area contributed by atoms with Crippen molar-refractivity contribution >= 4 is 33.9 Å². The molecule has 1 amide bonds. The van der Waals surface area contributed by atoms with Gasteiger partial charge in [-0.1, -0.05) is 0 Å². The molecule has 0 aliphatic heterocycles. The molecule has 0 aliphatic rings. The molecule has 0 aliphatic carbocycles. The molecule has 0 saturated carbocycles. The second-order valence-corrected chi connectivity index (χ2v) is 4.52. The molecule has 102 valence electrons. The summed E-state index contributed by atoms with van der Waals surface area (Å²) in [4.78, 5) is 11.3. The van der Waals surface area contributed by atoms with Crippen LogP contribution in [0, 0.1) is 0 Å². The minimum atomic E-state index is -0.611. The Balaban J connectivity index is 2.13. The fourth-order valence-corrected chi connectivity index (χ4v) is 2.23. The Morgan fingerprint density at radius 2 is 2.42 bits per heavy atom. The van der Waals surface area contributed by atoms with E-state index in [1.807, 2.05) is 0 Å². The molecule has 0 fully saturated rings. The molecule has 0 spiro atoms. The Hall–Kier alpha value is -2.13. The molecule has 19 heavy (non-hydrogen) atoms. The van der Waals surface area contributed by atoms with Crippen molar-refractivity contribution in [2.24, 2.45) is 5.73 Å². The Morgan fingerprint density at radius 1 is 1.63 bits per heavy atom. The summed E-state index contributed by atoms with van der Waals surface area (Å²) in [6, 6.07) is 0. The lowest BCUT2D eigenvalue weighted by Gasteiger charge is -2.02. The lowest BCUT2D eigenvalue weighted by molar-refractivity contribution is 0.100. The van der Waals surface area contributed by atoms with E-state index < -0.39 is 5.91 Å². The Bertz CT molecular complexity index is 578. The quantitative estimate of drug-likeness (QED) is 0.705. The van der Waals surface area contributed by atoms with Gasteiger partial charge < -0.3 is 21.5 Å². The summed E-state index contributed by atoms with van der Waals surface area (Å²) in [6.07, 6.45) is 3.43. The first-order valence-corrected chi connectivity index (χ1v) is 6.22. The van der Waals surface area contributed by atoms with E-state index in [0.717, 1.165) is 17.2 Å². The van der Waals surface area contributed by atoms with E-state index in [9.17, 15) is 4.79 Å². The highest BCUT2D eigenvalue weighted by molar-refractivity contribution is 7.11. The van der Waals surface area contributed by atoms with Gasteiger partial charge in [0, 0.05) is 13.3 Å². The zero-order chi connectivity index (χ0) is 13.8. The summed E-state index contributed by atoms with van der Waals surface area (Å²) in [5, 5.41) is 7.68. The van der Waals surface area contributed by atoms with E-state index in [1.165, 1.54) is 0 Å². The van der Waals surface area contributed by atoms with Gasteiger partial charge in [0.15, 0.2) is 5.82 Å². The molecule has 2 heterocycles. The number of nitrogens with one attached hydrogen (secondary N) is 1. The van der Waals surface area contributed by atoms with Crippen LogP contribution in [0.25, 0.3) is 0 Å². The third-order valence-electron chi connectivity index (χ3n) is 2.38. The number of anilines is 3. The molecule has 5 N–H and O–H groups in total. The number of nitrogen functional groups attached to an aromatic ring is 1. The van der Waals surface area contributed by atoms with Crippen LogP contribution < -0.4 is 16.8 Å². The highest BCUT2D eigenvalue weighted by atomic mass is 32.1. The van der Waals surface area contributed by atoms with Crippen LogP contribution in [0.5, 0.6) is 0 Å². The van der Waals surface area contributed by atoms with Crippen molar-refractivity contribution in [1.29, 1.82) is 0 Å². The van der Waals surface area contributed by atoms with Crippen molar-refractivity contribution in [3.8, 4) is 0 Å². The smallest absolute Gasteiger partial charge is 0.255 e. The summed E-state index contributed by atoms with van der Waals surface area (Å²) in [7, 11) is 1.63. The Labute approximate surface area is 113 Å². The van der Waals surface area contributed by atoms with Crippen molar-refractivity contribution in [1.82, 2.24) is 14.2 Å². The molecule has 0 radical (unpaired) electrons. The highest BCUT2D eigenvalue weighted by Crippen LogP contribution is 2.29. The van der Waals surface area contributed by atoms with Crippen molar-refractivity contribution in [2.45, 2.75) is 6.54 Å². The topological polar surface area (TPSA) is 121 Å². The lowest BCUT2D eigenvalue weighted by Crippen LogP contribution is -2.13. The molecule has 2 aromatic heterocycles. The molecule has 0 saturated heterocycles. The monoisotopic (exact) mass is 282 g/mol. The maximum absolute atomic E-state index is 11.3. The summed E-state index contributed by atoms with van der Waals surface area (Å²) >= 11 is 1.08. The third kappa shape index (κ3) is 3.01. The predicted octanol–water partition coefficient (Wildman–Crippen LogP) is 0.411. The number of aromatic nitrogens is 3. The predicted molar refractivity (Wildman–Crippen MR) is 72.4 cm³/mol. The molecule has 0 unspecified atom stereocenters. The van der Waals surface area contributed by atoms with Crippen molar-refractivity contribution in [3.63, 3.8) is 0 Å². The average Bonchev–Trinajstić information content (AvgIpc) is 2.94. The fraction of sp³-hybridized carbons (Fsp3) is 0.300.